The lowest BCUT2D eigenvalue weighted by Crippen LogP contribution is -2.36. The Labute approximate surface area is 120 Å². The Morgan fingerprint density at radius 3 is 2.56 bits per heavy atom. The molecule has 1 aromatic rings. The molecule has 0 saturated heterocycles. The number of halogens is 1. The maximum Gasteiger partial charge on any atom is 0.0407 e. The van der Waals surface area contributed by atoms with Crippen molar-refractivity contribution in [1.82, 2.24) is 4.90 Å². The summed E-state index contributed by atoms with van der Waals surface area (Å²) in [6.07, 6.45) is 3.38. The smallest absolute Gasteiger partial charge is 0.0407 e. The molecule has 0 fully saturated rings. The van der Waals surface area contributed by atoms with Crippen LogP contribution in [0, 0.1) is 0 Å². The minimum atomic E-state index is 0.673. The summed E-state index contributed by atoms with van der Waals surface area (Å²) in [5, 5.41) is 4.20. The first-order chi connectivity index (χ1) is 8.67. The SMILES string of the molecule is CCC(CSC)N(C)CCNc1ccc(Cl)cc1. The van der Waals surface area contributed by atoms with Gasteiger partial charge in [-0.15, -0.1) is 0 Å². The molecule has 2 nitrogen and oxygen atoms in total. The Morgan fingerprint density at radius 1 is 1.33 bits per heavy atom. The van der Waals surface area contributed by atoms with Crippen LogP contribution in [0.25, 0.3) is 0 Å². The van der Waals surface area contributed by atoms with Crippen LogP contribution in [0.1, 0.15) is 13.3 Å². The van der Waals surface area contributed by atoms with Gasteiger partial charge in [-0.3, -0.25) is 0 Å². The maximum atomic E-state index is 5.85. The van der Waals surface area contributed by atoms with Crippen molar-refractivity contribution in [3.8, 4) is 0 Å². The van der Waals surface area contributed by atoms with Gasteiger partial charge in [0, 0.05) is 35.6 Å². The van der Waals surface area contributed by atoms with Crippen molar-refractivity contribution in [3.63, 3.8) is 0 Å². The normalized spacial score (nSPS) is 12.7. The van der Waals surface area contributed by atoms with Crippen LogP contribution in [-0.2, 0) is 0 Å². The van der Waals surface area contributed by atoms with Crippen LogP contribution < -0.4 is 5.32 Å². The van der Waals surface area contributed by atoms with Crippen LogP contribution in [-0.4, -0.2) is 43.1 Å². The molecule has 0 aromatic heterocycles. The van der Waals surface area contributed by atoms with E-state index in [1.807, 2.05) is 36.0 Å². The summed E-state index contributed by atoms with van der Waals surface area (Å²) in [6.45, 7) is 4.27. The van der Waals surface area contributed by atoms with Gasteiger partial charge >= 0.3 is 0 Å². The molecule has 102 valence electrons. The maximum absolute atomic E-state index is 5.85. The standard InChI is InChI=1S/C14H23ClN2S/c1-4-14(11-18-3)17(2)10-9-16-13-7-5-12(15)6-8-13/h5-8,14,16H,4,9-11H2,1-3H3. The number of thioether (sulfide) groups is 1. The van der Waals surface area contributed by atoms with Crippen molar-refractivity contribution < 1.29 is 0 Å². The van der Waals surface area contributed by atoms with Gasteiger partial charge in [-0.05, 0) is 44.0 Å². The van der Waals surface area contributed by atoms with Gasteiger partial charge in [-0.1, -0.05) is 18.5 Å². The van der Waals surface area contributed by atoms with E-state index < -0.39 is 0 Å². The molecule has 0 aliphatic carbocycles. The summed E-state index contributed by atoms with van der Waals surface area (Å²) in [7, 11) is 2.20. The van der Waals surface area contributed by atoms with Crippen LogP contribution in [0.4, 0.5) is 5.69 Å². The van der Waals surface area contributed by atoms with Gasteiger partial charge in [-0.2, -0.15) is 11.8 Å². The molecule has 0 aliphatic heterocycles. The van der Waals surface area contributed by atoms with E-state index in [-0.39, 0.29) is 0 Å². The second kappa shape index (κ2) is 8.68. The predicted octanol–water partition coefficient (Wildman–Crippen LogP) is 3.83. The minimum absolute atomic E-state index is 0.673. The Morgan fingerprint density at radius 2 is 2.00 bits per heavy atom. The van der Waals surface area contributed by atoms with Gasteiger partial charge in [0.2, 0.25) is 0 Å². The van der Waals surface area contributed by atoms with Crippen molar-refractivity contribution in [2.75, 3.05) is 37.5 Å². The number of anilines is 1. The quantitative estimate of drug-likeness (QED) is 0.782. The van der Waals surface area contributed by atoms with E-state index in [1.165, 1.54) is 12.2 Å². The lowest BCUT2D eigenvalue weighted by molar-refractivity contribution is 0.265. The van der Waals surface area contributed by atoms with E-state index in [4.69, 9.17) is 11.6 Å². The molecular weight excluding hydrogens is 264 g/mol. The number of nitrogens with zero attached hydrogens (tertiary/aromatic N) is 1. The van der Waals surface area contributed by atoms with Gasteiger partial charge in [0.05, 0.1) is 0 Å². The van der Waals surface area contributed by atoms with Crippen molar-refractivity contribution in [3.05, 3.63) is 29.3 Å². The third-order valence-corrected chi connectivity index (χ3v) is 4.06. The van der Waals surface area contributed by atoms with E-state index in [2.05, 4.69) is 30.4 Å². The molecule has 1 unspecified atom stereocenters. The lowest BCUT2D eigenvalue weighted by atomic mass is 10.2. The zero-order valence-electron chi connectivity index (χ0n) is 11.4. The lowest BCUT2D eigenvalue weighted by Gasteiger charge is -2.26. The first-order valence-corrected chi connectivity index (χ1v) is 8.13. The molecule has 0 amide bonds. The van der Waals surface area contributed by atoms with Crippen molar-refractivity contribution in [1.29, 1.82) is 0 Å². The Hall–Kier alpha value is -0.380. The molecule has 0 radical (unpaired) electrons. The highest BCUT2D eigenvalue weighted by Crippen LogP contribution is 2.13. The fraction of sp³-hybridized carbons (Fsp3) is 0.571. The van der Waals surface area contributed by atoms with E-state index in [0.29, 0.717) is 6.04 Å². The zero-order chi connectivity index (χ0) is 13.4. The summed E-state index contributed by atoms with van der Waals surface area (Å²) < 4.78 is 0. The first kappa shape index (κ1) is 15.7. The van der Waals surface area contributed by atoms with E-state index >= 15 is 0 Å². The van der Waals surface area contributed by atoms with Crippen LogP contribution in [0.5, 0.6) is 0 Å². The summed E-state index contributed by atoms with van der Waals surface area (Å²) in [5.41, 5.74) is 1.13. The highest BCUT2D eigenvalue weighted by atomic mass is 35.5. The second-order valence-corrected chi connectivity index (χ2v) is 5.78. The average Bonchev–Trinajstić information content (AvgIpc) is 2.38. The van der Waals surface area contributed by atoms with Crippen molar-refractivity contribution in [2.45, 2.75) is 19.4 Å². The third-order valence-electron chi connectivity index (χ3n) is 3.09. The summed E-state index contributed by atoms with van der Waals surface area (Å²) in [5.74, 6) is 1.20. The average molecular weight is 287 g/mol. The molecule has 0 spiro atoms. The van der Waals surface area contributed by atoms with E-state index in [9.17, 15) is 0 Å². The van der Waals surface area contributed by atoms with E-state index in [1.54, 1.807) is 0 Å². The molecule has 0 bridgehead atoms. The molecular formula is C14H23ClN2S. The summed E-state index contributed by atoms with van der Waals surface area (Å²) in [6, 6.07) is 8.53. The highest BCUT2D eigenvalue weighted by Gasteiger charge is 2.10. The molecule has 0 aliphatic rings. The highest BCUT2D eigenvalue weighted by molar-refractivity contribution is 7.98. The van der Waals surface area contributed by atoms with Gasteiger partial charge in [-0.25, -0.2) is 0 Å². The fourth-order valence-electron chi connectivity index (χ4n) is 1.88. The summed E-state index contributed by atoms with van der Waals surface area (Å²) >= 11 is 7.77. The van der Waals surface area contributed by atoms with Crippen LogP contribution >= 0.6 is 23.4 Å². The number of hydrogen-bond acceptors (Lipinski definition) is 3. The predicted molar refractivity (Wildman–Crippen MR) is 85.0 cm³/mol. The Bertz CT molecular complexity index is 329. The largest absolute Gasteiger partial charge is 0.384 e. The monoisotopic (exact) mass is 286 g/mol. The molecule has 1 aromatic carbocycles. The first-order valence-electron chi connectivity index (χ1n) is 6.36. The molecule has 1 atom stereocenters. The van der Waals surface area contributed by atoms with Gasteiger partial charge in [0.25, 0.3) is 0 Å². The van der Waals surface area contributed by atoms with Crippen molar-refractivity contribution in [2.24, 2.45) is 0 Å². The van der Waals surface area contributed by atoms with Crippen molar-refractivity contribution >= 4 is 29.1 Å². The van der Waals surface area contributed by atoms with Gasteiger partial charge in [0.15, 0.2) is 0 Å². The summed E-state index contributed by atoms with van der Waals surface area (Å²) in [4.78, 5) is 2.43. The fourth-order valence-corrected chi connectivity index (χ4v) is 2.88. The van der Waals surface area contributed by atoms with Crippen LogP contribution in [0.15, 0.2) is 24.3 Å². The molecule has 18 heavy (non-hydrogen) atoms. The number of likely N-dealkylation sites (N-methyl/N-ethyl adjacent to an activating group) is 1. The Balaban J connectivity index is 2.30. The minimum Gasteiger partial charge on any atom is -0.384 e. The van der Waals surface area contributed by atoms with Gasteiger partial charge in [0.1, 0.15) is 0 Å². The van der Waals surface area contributed by atoms with Crippen LogP contribution in [0.3, 0.4) is 0 Å². The molecule has 0 saturated carbocycles. The molecule has 0 heterocycles. The van der Waals surface area contributed by atoms with Crippen LogP contribution in [0.2, 0.25) is 5.02 Å². The second-order valence-electron chi connectivity index (χ2n) is 4.43. The zero-order valence-corrected chi connectivity index (χ0v) is 13.0. The topological polar surface area (TPSA) is 15.3 Å². The number of nitrogens with one attached hydrogen (secondary N) is 1. The number of hydrogen-bond donors (Lipinski definition) is 1. The molecule has 1 N–H and O–H groups in total. The molecule has 1 rings (SSSR count). The Kier molecular flexibility index (Phi) is 7.56. The van der Waals surface area contributed by atoms with Gasteiger partial charge < -0.3 is 10.2 Å². The molecule has 4 heteroatoms. The number of rotatable bonds is 8. The number of benzene rings is 1. The van der Waals surface area contributed by atoms with E-state index in [0.717, 1.165) is 23.8 Å². The third kappa shape index (κ3) is 5.51.